The molecular formula is C16H19N3O2S. The van der Waals surface area contributed by atoms with Gasteiger partial charge >= 0.3 is 0 Å². The molecule has 3 N–H and O–H groups in total. The van der Waals surface area contributed by atoms with Crippen LogP contribution >= 0.6 is 0 Å². The minimum absolute atomic E-state index is 0.124. The Labute approximate surface area is 130 Å². The fourth-order valence-electron chi connectivity index (χ4n) is 2.11. The van der Waals surface area contributed by atoms with Gasteiger partial charge in [-0.15, -0.1) is 0 Å². The summed E-state index contributed by atoms with van der Waals surface area (Å²) in [5.41, 5.74) is 9.78. The highest BCUT2D eigenvalue weighted by molar-refractivity contribution is 7.89. The van der Waals surface area contributed by atoms with E-state index in [0.717, 1.165) is 16.7 Å². The Bertz CT molecular complexity index is 810. The highest BCUT2D eigenvalue weighted by Gasteiger charge is 2.13. The molecule has 5 nitrogen and oxygen atoms in total. The number of nitrogen functional groups attached to an aromatic ring is 1. The van der Waals surface area contributed by atoms with Crippen molar-refractivity contribution in [3.63, 3.8) is 0 Å². The van der Waals surface area contributed by atoms with Gasteiger partial charge in [0.2, 0.25) is 0 Å². The van der Waals surface area contributed by atoms with Crippen LogP contribution in [0.3, 0.4) is 0 Å². The molecule has 0 amide bonds. The number of anilines is 1. The second-order valence-corrected chi connectivity index (χ2v) is 6.84. The number of hydrogen-bond donors (Lipinski definition) is 2. The largest absolute Gasteiger partial charge is 0.399 e. The van der Waals surface area contributed by atoms with Crippen molar-refractivity contribution >= 4 is 21.4 Å². The van der Waals surface area contributed by atoms with Crippen molar-refractivity contribution in [3.8, 4) is 0 Å². The molecule has 2 aromatic carbocycles. The van der Waals surface area contributed by atoms with Gasteiger partial charge in [-0.2, -0.15) is 18.4 Å². The number of nitrogens with two attached hydrogens (primary N) is 1. The SMILES string of the molecule is C/C(=N/NS(=O)(=O)c1ccc(N)cc1)c1ccc(C)cc1C. The summed E-state index contributed by atoms with van der Waals surface area (Å²) in [7, 11) is -3.69. The van der Waals surface area contributed by atoms with E-state index in [2.05, 4.69) is 9.93 Å². The van der Waals surface area contributed by atoms with Gasteiger partial charge in [0, 0.05) is 11.3 Å². The Hall–Kier alpha value is -2.34. The third-order valence-electron chi connectivity index (χ3n) is 3.30. The number of hydrazone groups is 1. The predicted molar refractivity (Wildman–Crippen MR) is 89.3 cm³/mol. The molecular weight excluding hydrogens is 298 g/mol. The Morgan fingerprint density at radius 3 is 2.32 bits per heavy atom. The number of nitrogens with zero attached hydrogens (tertiary/aromatic N) is 1. The van der Waals surface area contributed by atoms with E-state index in [0.29, 0.717) is 11.4 Å². The molecule has 0 radical (unpaired) electrons. The molecule has 0 saturated heterocycles. The second kappa shape index (κ2) is 6.19. The lowest BCUT2D eigenvalue weighted by molar-refractivity contribution is 0.584. The van der Waals surface area contributed by atoms with E-state index >= 15 is 0 Å². The third kappa shape index (κ3) is 3.65. The van der Waals surface area contributed by atoms with Crippen LogP contribution in [0.2, 0.25) is 0 Å². The predicted octanol–water partition coefficient (Wildman–Crippen LogP) is 2.59. The van der Waals surface area contributed by atoms with Gasteiger partial charge in [0.05, 0.1) is 10.6 Å². The molecule has 0 heterocycles. The van der Waals surface area contributed by atoms with Gasteiger partial charge < -0.3 is 5.73 Å². The minimum atomic E-state index is -3.69. The van der Waals surface area contributed by atoms with Crippen molar-refractivity contribution in [2.45, 2.75) is 25.7 Å². The van der Waals surface area contributed by atoms with Crippen LogP contribution in [0.15, 0.2) is 52.5 Å². The molecule has 0 aliphatic rings. The zero-order valence-corrected chi connectivity index (χ0v) is 13.6. The van der Waals surface area contributed by atoms with Gasteiger partial charge in [-0.1, -0.05) is 23.8 Å². The average molecular weight is 317 g/mol. The molecule has 0 bridgehead atoms. The van der Waals surface area contributed by atoms with Gasteiger partial charge in [-0.3, -0.25) is 0 Å². The first-order valence-corrected chi connectivity index (χ1v) is 8.27. The van der Waals surface area contributed by atoms with E-state index in [1.165, 1.54) is 24.3 Å². The molecule has 2 aromatic rings. The highest BCUT2D eigenvalue weighted by atomic mass is 32.2. The molecule has 0 aliphatic carbocycles. The van der Waals surface area contributed by atoms with Crippen LogP contribution in [0.1, 0.15) is 23.6 Å². The number of nitrogens with one attached hydrogen (secondary N) is 1. The Kier molecular flexibility index (Phi) is 4.51. The lowest BCUT2D eigenvalue weighted by Gasteiger charge is -2.08. The molecule has 0 saturated carbocycles. The molecule has 0 aromatic heterocycles. The molecule has 0 spiro atoms. The second-order valence-electron chi connectivity index (χ2n) is 5.18. The van der Waals surface area contributed by atoms with E-state index in [1.807, 2.05) is 32.0 Å². The summed E-state index contributed by atoms with van der Waals surface area (Å²) in [5.74, 6) is 0. The van der Waals surface area contributed by atoms with Gasteiger partial charge in [0.1, 0.15) is 0 Å². The van der Waals surface area contributed by atoms with Crippen LogP contribution in [0.25, 0.3) is 0 Å². The summed E-state index contributed by atoms with van der Waals surface area (Å²) < 4.78 is 24.3. The van der Waals surface area contributed by atoms with Crippen LogP contribution in [0.4, 0.5) is 5.69 Å². The lowest BCUT2D eigenvalue weighted by atomic mass is 10.0. The minimum Gasteiger partial charge on any atom is -0.399 e. The first kappa shape index (κ1) is 16.0. The van der Waals surface area contributed by atoms with Crippen molar-refractivity contribution in [1.82, 2.24) is 4.83 Å². The number of rotatable bonds is 4. The van der Waals surface area contributed by atoms with Crippen LogP contribution < -0.4 is 10.6 Å². The molecule has 6 heteroatoms. The summed E-state index contributed by atoms with van der Waals surface area (Å²) >= 11 is 0. The Morgan fingerprint density at radius 1 is 1.09 bits per heavy atom. The standard InChI is InChI=1S/C16H19N3O2S/c1-11-4-9-16(12(2)10-11)13(3)18-19-22(20,21)15-7-5-14(17)6-8-15/h4-10,19H,17H2,1-3H3/b18-13-. The molecule has 0 aliphatic heterocycles. The Morgan fingerprint density at radius 2 is 1.73 bits per heavy atom. The number of benzene rings is 2. The zero-order valence-electron chi connectivity index (χ0n) is 12.8. The number of aryl methyl sites for hydroxylation is 2. The molecule has 0 fully saturated rings. The maximum atomic E-state index is 12.2. The van der Waals surface area contributed by atoms with Crippen molar-refractivity contribution in [2.24, 2.45) is 5.10 Å². The normalized spacial score (nSPS) is 12.2. The maximum Gasteiger partial charge on any atom is 0.276 e. The quantitative estimate of drug-likeness (QED) is 0.516. The fourth-order valence-corrected chi connectivity index (χ4v) is 2.96. The molecule has 0 atom stereocenters. The maximum absolute atomic E-state index is 12.2. The Balaban J connectivity index is 2.24. The molecule has 0 unspecified atom stereocenters. The van der Waals surface area contributed by atoms with Crippen molar-refractivity contribution in [2.75, 3.05) is 5.73 Å². The van der Waals surface area contributed by atoms with E-state index in [9.17, 15) is 8.42 Å². The van der Waals surface area contributed by atoms with Crippen LogP contribution in [0, 0.1) is 13.8 Å². The molecule has 2 rings (SSSR count). The van der Waals surface area contributed by atoms with E-state index in [4.69, 9.17) is 5.73 Å². The lowest BCUT2D eigenvalue weighted by Crippen LogP contribution is -2.20. The third-order valence-corrected chi connectivity index (χ3v) is 4.52. The van der Waals surface area contributed by atoms with Gasteiger partial charge in [-0.05, 0) is 50.6 Å². The fraction of sp³-hybridized carbons (Fsp3) is 0.188. The van der Waals surface area contributed by atoms with Gasteiger partial charge in [0.25, 0.3) is 10.0 Å². The van der Waals surface area contributed by atoms with Gasteiger partial charge in [-0.25, -0.2) is 0 Å². The van der Waals surface area contributed by atoms with Gasteiger partial charge in [0.15, 0.2) is 0 Å². The monoisotopic (exact) mass is 317 g/mol. The summed E-state index contributed by atoms with van der Waals surface area (Å²) in [5, 5.41) is 4.00. The summed E-state index contributed by atoms with van der Waals surface area (Å²) in [6, 6.07) is 11.9. The molecule has 116 valence electrons. The van der Waals surface area contributed by atoms with Crippen LogP contribution in [0.5, 0.6) is 0 Å². The topological polar surface area (TPSA) is 84.5 Å². The first-order valence-electron chi connectivity index (χ1n) is 6.79. The number of hydrogen-bond acceptors (Lipinski definition) is 4. The summed E-state index contributed by atoms with van der Waals surface area (Å²) in [6.45, 7) is 5.74. The highest BCUT2D eigenvalue weighted by Crippen LogP contribution is 2.13. The van der Waals surface area contributed by atoms with E-state index < -0.39 is 10.0 Å². The van der Waals surface area contributed by atoms with E-state index in [-0.39, 0.29) is 4.90 Å². The van der Waals surface area contributed by atoms with E-state index in [1.54, 1.807) is 6.92 Å². The first-order chi connectivity index (χ1) is 10.3. The van der Waals surface area contributed by atoms with Crippen LogP contribution in [-0.4, -0.2) is 14.1 Å². The zero-order chi connectivity index (χ0) is 16.3. The number of sulfonamides is 1. The van der Waals surface area contributed by atoms with Crippen molar-refractivity contribution in [3.05, 3.63) is 59.2 Å². The average Bonchev–Trinajstić information content (AvgIpc) is 2.45. The van der Waals surface area contributed by atoms with Crippen LogP contribution in [-0.2, 0) is 10.0 Å². The summed E-state index contributed by atoms with van der Waals surface area (Å²) in [4.78, 5) is 2.38. The smallest absolute Gasteiger partial charge is 0.276 e. The van der Waals surface area contributed by atoms with Crippen molar-refractivity contribution < 1.29 is 8.42 Å². The molecule has 22 heavy (non-hydrogen) atoms. The van der Waals surface area contributed by atoms with Crippen molar-refractivity contribution in [1.29, 1.82) is 0 Å². The summed E-state index contributed by atoms with van der Waals surface area (Å²) in [6.07, 6.45) is 0.